The standard InChI is InChI=1S/C12H10BrN3OS/c1-6-15-8-3-2-7(4-9(8)17-6)11-12(13)16-10(5-14)18-11/h2-4H,5,14H2,1H3. The molecule has 0 saturated carbocycles. The summed E-state index contributed by atoms with van der Waals surface area (Å²) in [7, 11) is 0. The average Bonchev–Trinajstić information content (AvgIpc) is 2.89. The average molecular weight is 324 g/mol. The lowest BCUT2D eigenvalue weighted by Crippen LogP contribution is -1.93. The van der Waals surface area contributed by atoms with E-state index >= 15 is 0 Å². The number of aromatic nitrogens is 2. The Labute approximate surface area is 116 Å². The Morgan fingerprint density at radius 1 is 1.39 bits per heavy atom. The van der Waals surface area contributed by atoms with Gasteiger partial charge in [0.05, 0.1) is 4.88 Å². The molecule has 3 rings (SSSR count). The number of nitrogens with two attached hydrogens (primary N) is 1. The summed E-state index contributed by atoms with van der Waals surface area (Å²) in [5.41, 5.74) is 8.32. The van der Waals surface area contributed by atoms with Crippen LogP contribution in [0, 0.1) is 6.92 Å². The van der Waals surface area contributed by atoms with Gasteiger partial charge >= 0.3 is 0 Å². The molecular weight excluding hydrogens is 314 g/mol. The van der Waals surface area contributed by atoms with Gasteiger partial charge in [-0.2, -0.15) is 0 Å². The Bertz CT molecular complexity index is 719. The van der Waals surface area contributed by atoms with Crippen molar-refractivity contribution >= 4 is 38.4 Å². The second kappa shape index (κ2) is 4.46. The van der Waals surface area contributed by atoms with Crippen LogP contribution in [0.15, 0.2) is 27.2 Å². The van der Waals surface area contributed by atoms with E-state index in [0.717, 1.165) is 31.2 Å². The zero-order valence-corrected chi connectivity index (χ0v) is 12.0. The van der Waals surface area contributed by atoms with Gasteiger partial charge in [-0.25, -0.2) is 9.97 Å². The molecule has 0 aliphatic heterocycles. The van der Waals surface area contributed by atoms with Crippen molar-refractivity contribution in [1.82, 2.24) is 9.97 Å². The summed E-state index contributed by atoms with van der Waals surface area (Å²) in [6, 6.07) is 5.95. The highest BCUT2D eigenvalue weighted by Crippen LogP contribution is 2.35. The Kier molecular flexibility index (Phi) is 2.93. The number of rotatable bonds is 2. The summed E-state index contributed by atoms with van der Waals surface area (Å²) in [6.07, 6.45) is 0. The second-order valence-electron chi connectivity index (χ2n) is 3.85. The third-order valence-electron chi connectivity index (χ3n) is 2.56. The lowest BCUT2D eigenvalue weighted by atomic mass is 10.2. The van der Waals surface area contributed by atoms with Crippen LogP contribution in [0.25, 0.3) is 21.5 Å². The second-order valence-corrected chi connectivity index (χ2v) is 5.68. The van der Waals surface area contributed by atoms with Gasteiger partial charge in [-0.3, -0.25) is 0 Å². The quantitative estimate of drug-likeness (QED) is 0.784. The zero-order chi connectivity index (χ0) is 12.7. The molecule has 2 heterocycles. The number of benzene rings is 1. The number of hydrogen-bond donors (Lipinski definition) is 1. The number of aryl methyl sites for hydroxylation is 1. The number of halogens is 1. The van der Waals surface area contributed by atoms with Gasteiger partial charge in [0.25, 0.3) is 0 Å². The van der Waals surface area contributed by atoms with Gasteiger partial charge in [0.1, 0.15) is 15.1 Å². The van der Waals surface area contributed by atoms with Gasteiger partial charge in [0.2, 0.25) is 0 Å². The minimum Gasteiger partial charge on any atom is -0.441 e. The van der Waals surface area contributed by atoms with Crippen LogP contribution in [0.4, 0.5) is 0 Å². The van der Waals surface area contributed by atoms with Crippen LogP contribution in [0.3, 0.4) is 0 Å². The molecule has 3 aromatic rings. The molecule has 0 unspecified atom stereocenters. The molecule has 6 heteroatoms. The van der Waals surface area contributed by atoms with E-state index in [1.165, 1.54) is 0 Å². The van der Waals surface area contributed by atoms with E-state index < -0.39 is 0 Å². The Hall–Kier alpha value is -1.24. The van der Waals surface area contributed by atoms with Crippen molar-refractivity contribution in [3.05, 3.63) is 33.7 Å². The normalized spacial score (nSPS) is 11.3. The van der Waals surface area contributed by atoms with E-state index in [1.807, 2.05) is 25.1 Å². The first-order valence-electron chi connectivity index (χ1n) is 5.40. The number of thiazole rings is 1. The van der Waals surface area contributed by atoms with Crippen LogP contribution in [0.5, 0.6) is 0 Å². The molecule has 0 spiro atoms. The first-order chi connectivity index (χ1) is 8.67. The first-order valence-corrected chi connectivity index (χ1v) is 7.01. The third-order valence-corrected chi connectivity index (χ3v) is 4.53. The maximum Gasteiger partial charge on any atom is 0.192 e. The van der Waals surface area contributed by atoms with Crippen molar-refractivity contribution in [2.75, 3.05) is 0 Å². The topological polar surface area (TPSA) is 64.9 Å². The molecule has 0 radical (unpaired) electrons. The highest BCUT2D eigenvalue weighted by molar-refractivity contribution is 9.10. The predicted molar refractivity (Wildman–Crippen MR) is 75.4 cm³/mol. The fraction of sp³-hybridized carbons (Fsp3) is 0.167. The zero-order valence-electron chi connectivity index (χ0n) is 9.61. The number of oxazole rings is 1. The van der Waals surface area contributed by atoms with Gasteiger partial charge in [-0.05, 0) is 33.6 Å². The molecule has 4 nitrogen and oxygen atoms in total. The molecule has 2 aromatic heterocycles. The van der Waals surface area contributed by atoms with Crippen molar-refractivity contribution in [3.63, 3.8) is 0 Å². The molecule has 92 valence electrons. The maximum atomic E-state index is 5.60. The third kappa shape index (κ3) is 1.96. The van der Waals surface area contributed by atoms with E-state index in [1.54, 1.807) is 11.3 Å². The van der Waals surface area contributed by atoms with E-state index in [0.29, 0.717) is 12.4 Å². The molecule has 0 bridgehead atoms. The van der Waals surface area contributed by atoms with E-state index in [2.05, 4.69) is 25.9 Å². The lowest BCUT2D eigenvalue weighted by molar-refractivity contribution is 0.561. The van der Waals surface area contributed by atoms with Crippen molar-refractivity contribution in [3.8, 4) is 10.4 Å². The van der Waals surface area contributed by atoms with Crippen LogP contribution >= 0.6 is 27.3 Å². The SMILES string of the molecule is Cc1nc2ccc(-c3sc(CN)nc3Br)cc2o1. The van der Waals surface area contributed by atoms with Crippen LogP contribution in [-0.4, -0.2) is 9.97 Å². The maximum absolute atomic E-state index is 5.60. The molecule has 0 amide bonds. The smallest absolute Gasteiger partial charge is 0.192 e. The molecular formula is C12H10BrN3OS. The van der Waals surface area contributed by atoms with Crippen molar-refractivity contribution in [1.29, 1.82) is 0 Å². The predicted octanol–water partition coefficient (Wildman–Crippen LogP) is 3.48. The Morgan fingerprint density at radius 3 is 2.94 bits per heavy atom. The monoisotopic (exact) mass is 323 g/mol. The molecule has 1 aromatic carbocycles. The minimum absolute atomic E-state index is 0.451. The molecule has 0 aliphatic carbocycles. The number of hydrogen-bond acceptors (Lipinski definition) is 5. The summed E-state index contributed by atoms with van der Waals surface area (Å²) in [6.45, 7) is 2.29. The summed E-state index contributed by atoms with van der Waals surface area (Å²) in [4.78, 5) is 9.70. The van der Waals surface area contributed by atoms with Gasteiger partial charge in [-0.15, -0.1) is 11.3 Å². The van der Waals surface area contributed by atoms with Crippen molar-refractivity contribution in [2.45, 2.75) is 13.5 Å². The van der Waals surface area contributed by atoms with Crippen molar-refractivity contribution in [2.24, 2.45) is 5.73 Å². The lowest BCUT2D eigenvalue weighted by Gasteiger charge is -1.96. The van der Waals surface area contributed by atoms with E-state index in [4.69, 9.17) is 10.2 Å². The molecule has 0 saturated heterocycles. The van der Waals surface area contributed by atoms with Crippen LogP contribution in [-0.2, 0) is 6.54 Å². The summed E-state index contributed by atoms with van der Waals surface area (Å²) >= 11 is 5.04. The van der Waals surface area contributed by atoms with Crippen LogP contribution < -0.4 is 5.73 Å². The van der Waals surface area contributed by atoms with Crippen LogP contribution in [0.2, 0.25) is 0 Å². The van der Waals surface area contributed by atoms with E-state index in [9.17, 15) is 0 Å². The summed E-state index contributed by atoms with van der Waals surface area (Å²) < 4.78 is 6.36. The summed E-state index contributed by atoms with van der Waals surface area (Å²) in [5, 5.41) is 0.908. The van der Waals surface area contributed by atoms with Crippen molar-refractivity contribution < 1.29 is 4.42 Å². The van der Waals surface area contributed by atoms with E-state index in [-0.39, 0.29) is 0 Å². The van der Waals surface area contributed by atoms with Gasteiger partial charge < -0.3 is 10.2 Å². The van der Waals surface area contributed by atoms with Crippen LogP contribution in [0.1, 0.15) is 10.9 Å². The molecule has 0 atom stereocenters. The Balaban J connectivity index is 2.15. The Morgan fingerprint density at radius 2 is 2.22 bits per heavy atom. The minimum atomic E-state index is 0.451. The highest BCUT2D eigenvalue weighted by Gasteiger charge is 2.12. The first kappa shape index (κ1) is 11.8. The summed E-state index contributed by atoms with van der Waals surface area (Å²) in [5.74, 6) is 0.674. The highest BCUT2D eigenvalue weighted by atomic mass is 79.9. The largest absolute Gasteiger partial charge is 0.441 e. The number of nitrogens with zero attached hydrogens (tertiary/aromatic N) is 2. The fourth-order valence-corrected chi connectivity index (χ4v) is 3.42. The van der Waals surface area contributed by atoms with Gasteiger partial charge in [-0.1, -0.05) is 6.07 Å². The molecule has 18 heavy (non-hydrogen) atoms. The molecule has 0 aliphatic rings. The number of fused-ring (bicyclic) bond motifs is 1. The van der Waals surface area contributed by atoms with Gasteiger partial charge in [0, 0.05) is 13.5 Å². The molecule has 2 N–H and O–H groups in total. The fourth-order valence-electron chi connectivity index (χ4n) is 1.79. The molecule has 0 fully saturated rings. The van der Waals surface area contributed by atoms with Gasteiger partial charge in [0.15, 0.2) is 11.5 Å².